The van der Waals surface area contributed by atoms with E-state index in [9.17, 15) is 9.59 Å². The number of aryl methyl sites for hydroxylation is 2. The first-order chi connectivity index (χ1) is 11.8. The van der Waals surface area contributed by atoms with Gasteiger partial charge in [-0.2, -0.15) is 0 Å². The van der Waals surface area contributed by atoms with Crippen molar-refractivity contribution in [2.75, 3.05) is 5.32 Å². The second-order valence-electron chi connectivity index (χ2n) is 5.67. The van der Waals surface area contributed by atoms with E-state index in [1.807, 2.05) is 6.92 Å². The molecule has 130 valence electrons. The molecule has 0 fully saturated rings. The maximum atomic E-state index is 12.7. The average Bonchev–Trinajstić information content (AvgIpc) is 2.60. The van der Waals surface area contributed by atoms with Crippen LogP contribution in [-0.2, 0) is 20.5 Å². The lowest BCUT2D eigenvalue weighted by Crippen LogP contribution is -2.37. The zero-order valence-corrected chi connectivity index (χ0v) is 15.4. The van der Waals surface area contributed by atoms with E-state index in [4.69, 9.17) is 23.2 Å². The van der Waals surface area contributed by atoms with E-state index >= 15 is 0 Å². The lowest BCUT2D eigenvalue weighted by Gasteiger charge is -2.16. The van der Waals surface area contributed by atoms with Gasteiger partial charge in [0.1, 0.15) is 5.39 Å². The summed E-state index contributed by atoms with van der Waals surface area (Å²) in [7, 11) is 3.03. The molecule has 0 aliphatic rings. The molecule has 2 aromatic heterocycles. The van der Waals surface area contributed by atoms with Crippen LogP contribution in [-0.4, -0.2) is 14.1 Å². The van der Waals surface area contributed by atoms with Crippen LogP contribution in [0.25, 0.3) is 11.0 Å². The molecule has 3 aromatic rings. The number of rotatable bonds is 3. The summed E-state index contributed by atoms with van der Waals surface area (Å²) in [5, 5.41) is 4.53. The summed E-state index contributed by atoms with van der Waals surface area (Å²) in [6.45, 7) is 1.96. The van der Waals surface area contributed by atoms with Crippen molar-refractivity contribution in [1.29, 1.82) is 0 Å². The Morgan fingerprint density at radius 1 is 1.16 bits per heavy atom. The fourth-order valence-electron chi connectivity index (χ4n) is 2.71. The Balaban J connectivity index is 2.38. The van der Waals surface area contributed by atoms with E-state index < -0.39 is 11.2 Å². The maximum Gasteiger partial charge on any atom is 0.332 e. The van der Waals surface area contributed by atoms with Gasteiger partial charge in [-0.3, -0.25) is 13.9 Å². The van der Waals surface area contributed by atoms with Gasteiger partial charge in [0, 0.05) is 25.3 Å². The van der Waals surface area contributed by atoms with Crippen LogP contribution in [0, 0.1) is 0 Å². The third-order valence-corrected chi connectivity index (χ3v) is 4.68. The van der Waals surface area contributed by atoms with Gasteiger partial charge in [0.05, 0.1) is 16.4 Å². The van der Waals surface area contributed by atoms with Crippen molar-refractivity contribution in [1.82, 2.24) is 14.1 Å². The fourth-order valence-corrected chi connectivity index (χ4v) is 3.04. The van der Waals surface area contributed by atoms with E-state index in [1.54, 1.807) is 31.4 Å². The van der Waals surface area contributed by atoms with E-state index in [0.29, 0.717) is 38.9 Å². The Kier molecular flexibility index (Phi) is 4.58. The maximum absolute atomic E-state index is 12.7. The highest BCUT2D eigenvalue weighted by molar-refractivity contribution is 6.35. The largest absolute Gasteiger partial charge is 0.353 e. The van der Waals surface area contributed by atoms with Crippen LogP contribution in [0.2, 0.25) is 10.0 Å². The molecule has 0 spiro atoms. The Morgan fingerprint density at radius 2 is 1.88 bits per heavy atom. The normalized spacial score (nSPS) is 11.1. The zero-order valence-electron chi connectivity index (χ0n) is 13.9. The number of anilines is 2. The first-order valence-electron chi connectivity index (χ1n) is 7.64. The molecular weight excluding hydrogens is 363 g/mol. The smallest absolute Gasteiger partial charge is 0.332 e. The Labute approximate surface area is 153 Å². The topological polar surface area (TPSA) is 68.9 Å². The number of pyridine rings is 1. The van der Waals surface area contributed by atoms with Crippen molar-refractivity contribution in [2.24, 2.45) is 14.1 Å². The van der Waals surface area contributed by atoms with Crippen LogP contribution < -0.4 is 16.6 Å². The molecule has 2 heterocycles. The molecule has 0 bridgehead atoms. The molecule has 0 aliphatic carbocycles. The van der Waals surface area contributed by atoms with Crippen LogP contribution >= 0.6 is 23.2 Å². The molecule has 3 rings (SSSR count). The van der Waals surface area contributed by atoms with Gasteiger partial charge in [-0.15, -0.1) is 0 Å². The van der Waals surface area contributed by atoms with Crippen molar-refractivity contribution in [3.05, 3.63) is 60.8 Å². The summed E-state index contributed by atoms with van der Waals surface area (Å²) in [6.07, 6.45) is 2.30. The summed E-state index contributed by atoms with van der Waals surface area (Å²) < 4.78 is 2.41. The Morgan fingerprint density at radius 3 is 2.56 bits per heavy atom. The van der Waals surface area contributed by atoms with Crippen LogP contribution in [0.4, 0.5) is 11.4 Å². The third kappa shape index (κ3) is 2.92. The fraction of sp³-hybridized carbons (Fsp3) is 0.235. The highest BCUT2D eigenvalue weighted by Crippen LogP contribution is 2.32. The highest BCUT2D eigenvalue weighted by atomic mass is 35.5. The molecule has 0 saturated carbocycles. The predicted octanol–water partition coefficient (Wildman–Crippen LogP) is 3.25. The van der Waals surface area contributed by atoms with Gasteiger partial charge in [-0.05, 0) is 30.2 Å². The molecule has 6 nitrogen and oxygen atoms in total. The SMILES string of the molecule is CCc1cnc2c(c1Nc1cc(Cl)ccc1Cl)c(=O)n(C)c(=O)n2C. The molecule has 1 aromatic carbocycles. The molecule has 0 saturated heterocycles. The number of benzene rings is 1. The van der Waals surface area contributed by atoms with Gasteiger partial charge in [0.25, 0.3) is 5.56 Å². The summed E-state index contributed by atoms with van der Waals surface area (Å²) in [4.78, 5) is 29.2. The quantitative estimate of drug-likeness (QED) is 0.759. The average molecular weight is 379 g/mol. The number of fused-ring (bicyclic) bond motifs is 1. The second-order valence-corrected chi connectivity index (χ2v) is 6.51. The highest BCUT2D eigenvalue weighted by Gasteiger charge is 2.17. The molecular formula is C17H16Cl2N4O2. The van der Waals surface area contributed by atoms with Crippen LogP contribution in [0.1, 0.15) is 12.5 Å². The van der Waals surface area contributed by atoms with Crippen molar-refractivity contribution in [3.8, 4) is 0 Å². The van der Waals surface area contributed by atoms with Crippen molar-refractivity contribution in [3.63, 3.8) is 0 Å². The molecule has 0 atom stereocenters. The zero-order chi connectivity index (χ0) is 18.3. The number of aromatic nitrogens is 3. The molecule has 8 heteroatoms. The van der Waals surface area contributed by atoms with Gasteiger partial charge in [-0.1, -0.05) is 30.1 Å². The first-order valence-corrected chi connectivity index (χ1v) is 8.40. The van der Waals surface area contributed by atoms with Crippen molar-refractivity contribution >= 4 is 45.6 Å². The Hall–Kier alpha value is -2.31. The standard InChI is InChI=1S/C17H16Cl2N4O2/c1-4-9-8-20-15-13(16(24)23(3)17(25)22(15)2)14(9)21-12-7-10(18)5-6-11(12)19/h5-8H,4H2,1-3H3,(H,20,21). The van der Waals surface area contributed by atoms with Gasteiger partial charge in [0.15, 0.2) is 5.65 Å². The van der Waals surface area contributed by atoms with Gasteiger partial charge in [0.2, 0.25) is 0 Å². The number of hydrogen-bond acceptors (Lipinski definition) is 4. The number of nitrogens with zero attached hydrogens (tertiary/aromatic N) is 3. The van der Waals surface area contributed by atoms with Crippen molar-refractivity contribution < 1.29 is 0 Å². The van der Waals surface area contributed by atoms with Gasteiger partial charge in [-0.25, -0.2) is 9.78 Å². The summed E-state index contributed by atoms with van der Waals surface area (Å²) >= 11 is 12.3. The van der Waals surface area contributed by atoms with Crippen LogP contribution in [0.15, 0.2) is 34.0 Å². The molecule has 0 unspecified atom stereocenters. The van der Waals surface area contributed by atoms with E-state index in [-0.39, 0.29) is 0 Å². The lowest BCUT2D eigenvalue weighted by atomic mass is 10.1. The van der Waals surface area contributed by atoms with Crippen LogP contribution in [0.3, 0.4) is 0 Å². The number of hydrogen-bond donors (Lipinski definition) is 1. The van der Waals surface area contributed by atoms with E-state index in [2.05, 4.69) is 10.3 Å². The van der Waals surface area contributed by atoms with Gasteiger partial charge >= 0.3 is 5.69 Å². The summed E-state index contributed by atoms with van der Waals surface area (Å²) in [5.74, 6) is 0. The second kappa shape index (κ2) is 6.54. The Bertz CT molecular complexity index is 1100. The minimum Gasteiger partial charge on any atom is -0.353 e. The lowest BCUT2D eigenvalue weighted by molar-refractivity contribution is 0.707. The molecule has 0 radical (unpaired) electrons. The monoisotopic (exact) mass is 378 g/mol. The molecule has 1 N–H and O–H groups in total. The van der Waals surface area contributed by atoms with E-state index in [0.717, 1.165) is 10.1 Å². The minimum atomic E-state index is -0.430. The minimum absolute atomic E-state index is 0.311. The van der Waals surface area contributed by atoms with Gasteiger partial charge < -0.3 is 5.32 Å². The van der Waals surface area contributed by atoms with E-state index in [1.165, 1.54) is 11.6 Å². The van der Waals surface area contributed by atoms with Crippen molar-refractivity contribution in [2.45, 2.75) is 13.3 Å². The van der Waals surface area contributed by atoms with Crippen LogP contribution in [0.5, 0.6) is 0 Å². The molecule has 0 amide bonds. The number of halogens is 2. The summed E-state index contributed by atoms with van der Waals surface area (Å²) in [6, 6.07) is 5.04. The summed E-state index contributed by atoms with van der Waals surface area (Å²) in [5.41, 5.74) is 1.45. The molecule has 0 aliphatic heterocycles. The predicted molar refractivity (Wildman–Crippen MR) is 101 cm³/mol. The molecule has 25 heavy (non-hydrogen) atoms. The number of nitrogens with one attached hydrogen (secondary N) is 1. The third-order valence-electron chi connectivity index (χ3n) is 4.12. The first kappa shape index (κ1) is 17.5.